The molecule has 0 unspecified atom stereocenters. The SMILES string of the molecule is O.O.O.O.O.O.[Ho+3].[O-][Cl+3]([O-])([O-])[O-]. The summed E-state index contributed by atoms with van der Waals surface area (Å²) in [4.78, 5) is 0. The van der Waals surface area contributed by atoms with Crippen LogP contribution < -0.4 is 18.6 Å². The Labute approximate surface area is 99.0 Å². The van der Waals surface area contributed by atoms with Gasteiger partial charge in [0.25, 0.3) is 0 Å². The van der Waals surface area contributed by atoms with Crippen LogP contribution in [0.5, 0.6) is 0 Å². The minimum absolute atomic E-state index is 0. The van der Waals surface area contributed by atoms with Crippen molar-refractivity contribution in [2.75, 3.05) is 0 Å². The molecular weight excluding hydrogens is 360 g/mol. The standard InChI is InChI=1S/ClHO4.Ho.6H2O/c2-1(3,4)5;;;;;;;/h(H,2,3,4,5);;6*1H2/q;+3;;;;;;/p-1. The Bertz CT molecular complexity index is 25.3. The van der Waals surface area contributed by atoms with Gasteiger partial charge in [0.2, 0.25) is 0 Å². The summed E-state index contributed by atoms with van der Waals surface area (Å²) in [5.41, 5.74) is 0. The summed E-state index contributed by atoms with van der Waals surface area (Å²) in [6, 6.07) is 0. The molecule has 0 fully saturated rings. The molecule has 0 aliphatic heterocycles. The van der Waals surface area contributed by atoms with Crippen LogP contribution in [-0.4, -0.2) is 32.9 Å². The summed E-state index contributed by atoms with van der Waals surface area (Å²) < 4.78 is 34.0. The van der Waals surface area contributed by atoms with E-state index in [4.69, 9.17) is 18.6 Å². The molecule has 0 saturated carbocycles. The molecule has 12 heteroatoms. The van der Waals surface area contributed by atoms with Gasteiger partial charge in [0.15, 0.2) is 0 Å². The summed E-state index contributed by atoms with van der Waals surface area (Å²) in [6.45, 7) is 0. The van der Waals surface area contributed by atoms with Gasteiger partial charge in [-0.3, -0.25) is 0 Å². The van der Waals surface area contributed by atoms with E-state index in [1.165, 1.54) is 0 Å². The number of hydrogen-bond acceptors (Lipinski definition) is 4. The molecule has 0 aliphatic rings. The molecule has 0 aromatic rings. The Kier molecular flexibility index (Phi) is 180. The molecule has 0 amide bonds. The van der Waals surface area contributed by atoms with E-state index in [0.717, 1.165) is 0 Å². The first-order valence-electron chi connectivity index (χ1n) is 0.617. The van der Waals surface area contributed by atoms with Gasteiger partial charge < -0.3 is 32.9 Å². The van der Waals surface area contributed by atoms with Gasteiger partial charge in [0, 0.05) is 0 Å². The molecule has 88 valence electrons. The first-order valence-corrected chi connectivity index (χ1v) is 1.85. The van der Waals surface area contributed by atoms with Crippen molar-refractivity contribution in [3.05, 3.63) is 0 Å². The van der Waals surface area contributed by atoms with Crippen LogP contribution in [0.25, 0.3) is 0 Å². The molecule has 0 heterocycles. The quantitative estimate of drug-likeness (QED) is 0.374. The number of halogens is 1. The molecule has 0 aromatic heterocycles. The van der Waals surface area contributed by atoms with Crippen molar-refractivity contribution in [2.24, 2.45) is 0 Å². The van der Waals surface area contributed by atoms with Crippen LogP contribution in [0, 0.1) is 48.0 Å². The van der Waals surface area contributed by atoms with Crippen LogP contribution in [0.4, 0.5) is 0 Å². The Morgan fingerprint density at radius 3 is 0.500 bits per heavy atom. The molecule has 10 nitrogen and oxygen atoms in total. The molecule has 0 atom stereocenters. The van der Waals surface area contributed by atoms with Crippen LogP contribution in [0.1, 0.15) is 0 Å². The van der Waals surface area contributed by atoms with Crippen LogP contribution in [0.3, 0.4) is 0 Å². The predicted octanol–water partition coefficient (Wildman–Crippen LogP) is -9.70. The average molecular weight is 372 g/mol. The monoisotopic (exact) mass is 372 g/mol. The van der Waals surface area contributed by atoms with Gasteiger partial charge in [-0.1, -0.05) is 0 Å². The second-order valence-corrected chi connectivity index (χ2v) is 1.13. The third-order valence-corrected chi connectivity index (χ3v) is 0. The Morgan fingerprint density at radius 1 is 0.500 bits per heavy atom. The van der Waals surface area contributed by atoms with E-state index in [0.29, 0.717) is 0 Å². The first-order chi connectivity index (χ1) is 2.00. The summed E-state index contributed by atoms with van der Waals surface area (Å²) in [7, 11) is -4.94. The number of hydrogen-bond donors (Lipinski definition) is 0. The van der Waals surface area contributed by atoms with Crippen molar-refractivity contribution in [3.63, 3.8) is 0 Å². The minimum atomic E-state index is -4.94. The maximum atomic E-state index is 8.49. The summed E-state index contributed by atoms with van der Waals surface area (Å²) >= 11 is 0. The molecule has 0 rings (SSSR count). The molecule has 0 aromatic carbocycles. The van der Waals surface area contributed by atoms with E-state index in [1.54, 1.807) is 0 Å². The maximum Gasteiger partial charge on any atom is 3.00 e. The third kappa shape index (κ3) is 869. The summed E-state index contributed by atoms with van der Waals surface area (Å²) in [6.07, 6.45) is 0. The molecule has 12 heavy (non-hydrogen) atoms. The van der Waals surface area contributed by atoms with Crippen molar-refractivity contribution in [1.29, 1.82) is 0 Å². The van der Waals surface area contributed by atoms with Gasteiger partial charge in [-0.05, 0) is 0 Å². The predicted molar refractivity (Wildman–Crippen MR) is 21.7 cm³/mol. The molecular formula is H12ClHoO10+2. The van der Waals surface area contributed by atoms with E-state index in [1.807, 2.05) is 0 Å². The van der Waals surface area contributed by atoms with Gasteiger partial charge in [-0.15, -0.1) is 10.2 Å². The zero-order valence-electron chi connectivity index (χ0n) is 5.31. The van der Waals surface area contributed by atoms with E-state index >= 15 is 0 Å². The van der Waals surface area contributed by atoms with Crippen molar-refractivity contribution >= 4 is 0 Å². The Balaban J connectivity index is -0.00000000381. The average Bonchev–Trinajstić information content (AvgIpc) is 0.722. The molecule has 0 spiro atoms. The molecule has 0 radical (unpaired) electrons. The molecule has 0 aliphatic carbocycles. The van der Waals surface area contributed by atoms with Crippen LogP contribution in [0.2, 0.25) is 0 Å². The van der Waals surface area contributed by atoms with Crippen molar-refractivity contribution < 1.29 is 99.5 Å². The van der Waals surface area contributed by atoms with Crippen LogP contribution in [0.15, 0.2) is 0 Å². The smallest absolute Gasteiger partial charge is 0.412 e. The second kappa shape index (κ2) is 29.5. The Hall–Kier alpha value is 1.15. The van der Waals surface area contributed by atoms with Crippen LogP contribution >= 0.6 is 0 Å². The van der Waals surface area contributed by atoms with E-state index in [-0.39, 0.29) is 70.6 Å². The van der Waals surface area contributed by atoms with Gasteiger partial charge in [-0.2, -0.15) is 0 Å². The van der Waals surface area contributed by atoms with Gasteiger partial charge >= 0.3 is 37.7 Å². The maximum absolute atomic E-state index is 8.49. The van der Waals surface area contributed by atoms with Crippen molar-refractivity contribution in [2.45, 2.75) is 0 Å². The van der Waals surface area contributed by atoms with Gasteiger partial charge in [0.1, 0.15) is 0 Å². The summed E-state index contributed by atoms with van der Waals surface area (Å²) in [5.74, 6) is 0. The normalized spacial score (nSPS) is 5.00. The fourth-order valence-corrected chi connectivity index (χ4v) is 0. The molecule has 0 bridgehead atoms. The third-order valence-electron chi connectivity index (χ3n) is 0. The number of rotatable bonds is 0. The van der Waals surface area contributed by atoms with Gasteiger partial charge in [-0.25, -0.2) is 18.6 Å². The summed E-state index contributed by atoms with van der Waals surface area (Å²) in [5, 5.41) is 0. The second-order valence-electron chi connectivity index (χ2n) is 0.378. The van der Waals surface area contributed by atoms with Crippen LogP contribution in [-0.2, 0) is 0 Å². The largest absolute Gasteiger partial charge is 3.00 e. The first kappa shape index (κ1) is 73.2. The Morgan fingerprint density at radius 2 is 0.500 bits per heavy atom. The molecule has 12 N–H and O–H groups in total. The van der Waals surface area contributed by atoms with E-state index in [9.17, 15) is 0 Å². The van der Waals surface area contributed by atoms with Crippen molar-refractivity contribution in [1.82, 2.24) is 0 Å². The fraction of sp³-hybridized carbons (Fsp3) is 0. The van der Waals surface area contributed by atoms with E-state index < -0.39 is 10.2 Å². The zero-order valence-corrected chi connectivity index (χ0v) is 8.00. The molecule has 0 saturated heterocycles. The van der Waals surface area contributed by atoms with Gasteiger partial charge in [0.05, 0.1) is 0 Å². The van der Waals surface area contributed by atoms with Crippen molar-refractivity contribution in [3.8, 4) is 0 Å². The van der Waals surface area contributed by atoms with E-state index in [2.05, 4.69) is 0 Å². The zero-order chi connectivity index (χ0) is 4.50. The minimum Gasteiger partial charge on any atom is -0.412 e. The topological polar surface area (TPSA) is 281 Å². The fourth-order valence-electron chi connectivity index (χ4n) is 0.